The van der Waals surface area contributed by atoms with Crippen LogP contribution in [0.5, 0.6) is 0 Å². The summed E-state index contributed by atoms with van der Waals surface area (Å²) in [7, 11) is 0. The molecule has 0 unspecified atom stereocenters. The maximum Gasteiger partial charge on any atom is 0.142 e. The highest BCUT2D eigenvalue weighted by Gasteiger charge is 2.21. The maximum absolute atomic E-state index is 10.0. The summed E-state index contributed by atoms with van der Waals surface area (Å²) < 4.78 is 0. The zero-order valence-corrected chi connectivity index (χ0v) is 6.70. The van der Waals surface area contributed by atoms with Gasteiger partial charge in [0.1, 0.15) is 6.29 Å². The van der Waals surface area contributed by atoms with Gasteiger partial charge in [0.2, 0.25) is 0 Å². The van der Waals surface area contributed by atoms with Crippen LogP contribution in [-0.2, 0) is 4.79 Å². The first-order chi connectivity index (χ1) is 5.38. The van der Waals surface area contributed by atoms with Crippen molar-refractivity contribution in [2.24, 2.45) is 11.8 Å². The Morgan fingerprint density at radius 3 is 2.64 bits per heavy atom. The zero-order chi connectivity index (χ0) is 8.10. The maximum atomic E-state index is 10.0. The molecule has 1 rings (SSSR count). The van der Waals surface area contributed by atoms with Crippen LogP contribution in [0.1, 0.15) is 19.3 Å². The summed E-state index contributed by atoms with van der Waals surface area (Å²) in [6.45, 7) is 3.78. The van der Waals surface area contributed by atoms with Crippen molar-refractivity contribution in [1.82, 2.24) is 0 Å². The molecule has 11 heavy (non-hydrogen) atoms. The Kier molecular flexibility index (Phi) is 3.09. The highest BCUT2D eigenvalue weighted by molar-refractivity contribution is 5.64. The molecule has 60 valence electrons. The third-order valence-corrected chi connectivity index (χ3v) is 2.36. The molecule has 2 atom stereocenters. The van der Waals surface area contributed by atoms with Crippen molar-refractivity contribution in [2.75, 3.05) is 0 Å². The molecule has 0 radical (unpaired) electrons. The van der Waals surface area contributed by atoms with Gasteiger partial charge in [-0.1, -0.05) is 18.6 Å². The fraction of sp³-hybridized carbons (Fsp3) is 0.500. The predicted octanol–water partition coefficient (Wildman–Crippen LogP) is 2.34. The monoisotopic (exact) mass is 150 g/mol. The molecule has 1 heteroatoms. The summed E-state index contributed by atoms with van der Waals surface area (Å²) in [5.74, 6) is 1.17. The van der Waals surface area contributed by atoms with E-state index in [4.69, 9.17) is 0 Å². The number of hydrogen-bond donors (Lipinski definition) is 0. The van der Waals surface area contributed by atoms with Crippen LogP contribution in [0.2, 0.25) is 0 Å². The Balaban J connectivity index is 2.49. The number of rotatable bonds is 3. The van der Waals surface area contributed by atoms with Crippen LogP contribution in [0.3, 0.4) is 0 Å². The second kappa shape index (κ2) is 4.12. The summed E-state index contributed by atoms with van der Waals surface area (Å²) in [6.07, 6.45) is 10.2. The Morgan fingerprint density at radius 1 is 1.27 bits per heavy atom. The van der Waals surface area contributed by atoms with Crippen molar-refractivity contribution >= 4 is 6.29 Å². The van der Waals surface area contributed by atoms with E-state index in [1.54, 1.807) is 6.08 Å². The van der Waals surface area contributed by atoms with Crippen LogP contribution < -0.4 is 0 Å². The van der Waals surface area contributed by atoms with Crippen molar-refractivity contribution < 1.29 is 4.79 Å². The van der Waals surface area contributed by atoms with Crippen molar-refractivity contribution in [3.63, 3.8) is 0 Å². The van der Waals surface area contributed by atoms with Gasteiger partial charge in [0.05, 0.1) is 0 Å². The molecule has 1 aliphatic carbocycles. The lowest BCUT2D eigenvalue weighted by molar-refractivity contribution is -0.104. The summed E-state index contributed by atoms with van der Waals surface area (Å²) in [4.78, 5) is 10.0. The summed E-state index contributed by atoms with van der Waals surface area (Å²) in [5, 5.41) is 0. The van der Waals surface area contributed by atoms with Crippen LogP contribution in [0.25, 0.3) is 0 Å². The van der Waals surface area contributed by atoms with Gasteiger partial charge in [-0.15, -0.1) is 6.58 Å². The molecule has 0 saturated heterocycles. The molecule has 0 aromatic heterocycles. The molecule has 0 aromatic carbocycles. The van der Waals surface area contributed by atoms with E-state index in [0.29, 0.717) is 11.8 Å². The van der Waals surface area contributed by atoms with E-state index in [9.17, 15) is 4.79 Å². The van der Waals surface area contributed by atoms with E-state index in [-0.39, 0.29) is 0 Å². The van der Waals surface area contributed by atoms with Gasteiger partial charge in [-0.05, 0) is 30.8 Å². The van der Waals surface area contributed by atoms with Gasteiger partial charge in [-0.2, -0.15) is 0 Å². The highest BCUT2D eigenvalue weighted by Crippen LogP contribution is 2.32. The molecule has 0 aliphatic heterocycles. The lowest BCUT2D eigenvalue weighted by Gasteiger charge is -2.09. The Bertz CT molecular complexity index is 170. The van der Waals surface area contributed by atoms with Crippen molar-refractivity contribution in [3.05, 3.63) is 24.8 Å². The quantitative estimate of drug-likeness (QED) is 0.343. The largest absolute Gasteiger partial charge is 0.299 e. The van der Waals surface area contributed by atoms with E-state index >= 15 is 0 Å². The van der Waals surface area contributed by atoms with Crippen LogP contribution in [0.4, 0.5) is 0 Å². The minimum Gasteiger partial charge on any atom is -0.299 e. The van der Waals surface area contributed by atoms with Crippen LogP contribution in [0, 0.1) is 11.8 Å². The third-order valence-electron chi connectivity index (χ3n) is 2.36. The zero-order valence-electron chi connectivity index (χ0n) is 6.70. The molecule has 0 spiro atoms. The summed E-state index contributed by atoms with van der Waals surface area (Å²) in [6, 6.07) is 0. The van der Waals surface area contributed by atoms with E-state index in [2.05, 4.69) is 6.58 Å². The number of carbonyl (C=O) groups excluding carboxylic acids is 1. The van der Waals surface area contributed by atoms with Crippen molar-refractivity contribution in [2.45, 2.75) is 19.3 Å². The molecule has 0 amide bonds. The molecule has 0 N–H and O–H groups in total. The molecule has 0 heterocycles. The second-order valence-corrected chi connectivity index (χ2v) is 3.02. The molecule has 0 aromatic rings. The van der Waals surface area contributed by atoms with Crippen molar-refractivity contribution in [3.8, 4) is 0 Å². The lowest BCUT2D eigenvalue weighted by Crippen LogP contribution is -2.00. The molecule has 1 aliphatic rings. The van der Waals surface area contributed by atoms with Gasteiger partial charge in [0.15, 0.2) is 0 Å². The van der Waals surface area contributed by atoms with Gasteiger partial charge in [0, 0.05) is 0 Å². The predicted molar refractivity (Wildman–Crippen MR) is 46.2 cm³/mol. The fourth-order valence-electron chi connectivity index (χ4n) is 1.74. The fourth-order valence-corrected chi connectivity index (χ4v) is 1.74. The number of allylic oxidation sites excluding steroid dienone is 3. The first-order valence-corrected chi connectivity index (χ1v) is 4.13. The molecular formula is C10H14O. The standard InChI is InChI=1S/C10H14O/c1-2-9-5-3-6-10(9)7-4-8-11/h2,4,7-10H,1,3,5-6H2/b7-4-/t9-,10+/m1/s1. The normalized spacial score (nSPS) is 30.9. The van der Waals surface area contributed by atoms with E-state index in [0.717, 1.165) is 6.29 Å². The van der Waals surface area contributed by atoms with Crippen LogP contribution >= 0.6 is 0 Å². The van der Waals surface area contributed by atoms with Gasteiger partial charge in [-0.25, -0.2) is 0 Å². The van der Waals surface area contributed by atoms with Gasteiger partial charge < -0.3 is 0 Å². The van der Waals surface area contributed by atoms with Gasteiger partial charge >= 0.3 is 0 Å². The minimum atomic E-state index is 0.567. The molecule has 1 fully saturated rings. The Morgan fingerprint density at radius 2 is 2.00 bits per heavy atom. The smallest absolute Gasteiger partial charge is 0.142 e. The Labute approximate surface area is 67.8 Å². The SMILES string of the molecule is C=C[C@@H]1CCC[C@H]1/C=C\C=O. The second-order valence-electron chi connectivity index (χ2n) is 3.02. The molecule has 1 nitrogen and oxygen atoms in total. The first kappa shape index (κ1) is 8.25. The van der Waals surface area contributed by atoms with E-state index in [1.807, 2.05) is 12.2 Å². The van der Waals surface area contributed by atoms with E-state index in [1.165, 1.54) is 19.3 Å². The number of hydrogen-bond acceptors (Lipinski definition) is 1. The van der Waals surface area contributed by atoms with Crippen LogP contribution in [0.15, 0.2) is 24.8 Å². The van der Waals surface area contributed by atoms with Gasteiger partial charge in [0.25, 0.3) is 0 Å². The molecular weight excluding hydrogens is 136 g/mol. The highest BCUT2D eigenvalue weighted by atomic mass is 16.1. The van der Waals surface area contributed by atoms with Crippen molar-refractivity contribution in [1.29, 1.82) is 0 Å². The Hall–Kier alpha value is -0.850. The lowest BCUT2D eigenvalue weighted by atomic mass is 9.96. The van der Waals surface area contributed by atoms with E-state index < -0.39 is 0 Å². The molecule has 1 saturated carbocycles. The summed E-state index contributed by atoms with van der Waals surface area (Å²) in [5.41, 5.74) is 0. The average molecular weight is 150 g/mol. The first-order valence-electron chi connectivity index (χ1n) is 4.13. The van der Waals surface area contributed by atoms with Gasteiger partial charge in [-0.3, -0.25) is 4.79 Å². The summed E-state index contributed by atoms with van der Waals surface area (Å²) >= 11 is 0. The number of aldehydes is 1. The number of carbonyl (C=O) groups is 1. The third kappa shape index (κ3) is 2.04. The topological polar surface area (TPSA) is 17.1 Å². The molecule has 0 bridgehead atoms. The average Bonchev–Trinajstić information content (AvgIpc) is 2.47. The minimum absolute atomic E-state index is 0.567. The van der Waals surface area contributed by atoms with Crippen LogP contribution in [-0.4, -0.2) is 6.29 Å².